The Kier molecular flexibility index (Phi) is 7.89. The molecule has 0 saturated heterocycles. The van der Waals surface area contributed by atoms with Crippen LogP contribution in [0.5, 0.6) is 0 Å². The molecule has 1 amide bonds. The van der Waals surface area contributed by atoms with Crippen LogP contribution in [0.1, 0.15) is 49.3 Å². The molecule has 2 rings (SSSR count). The van der Waals surface area contributed by atoms with Crippen LogP contribution in [-0.2, 0) is 4.79 Å². The first-order chi connectivity index (χ1) is 12.1. The van der Waals surface area contributed by atoms with Crippen LogP contribution in [0.2, 0.25) is 5.02 Å². The lowest BCUT2D eigenvalue weighted by Gasteiger charge is -2.20. The summed E-state index contributed by atoms with van der Waals surface area (Å²) >= 11 is 6.08. The van der Waals surface area contributed by atoms with Gasteiger partial charge in [-0.15, -0.1) is 0 Å². The van der Waals surface area contributed by atoms with Crippen molar-refractivity contribution in [3.63, 3.8) is 0 Å². The number of carbonyl (C=O) groups is 1. The first-order valence-corrected chi connectivity index (χ1v) is 8.98. The molecule has 3 N–H and O–H groups in total. The van der Waals surface area contributed by atoms with Crippen molar-refractivity contribution in [2.24, 2.45) is 5.73 Å². The average Bonchev–Trinajstić information content (AvgIpc) is 2.59. The molecule has 0 heterocycles. The minimum absolute atomic E-state index is 0.0537. The van der Waals surface area contributed by atoms with Gasteiger partial charge in [0.25, 0.3) is 0 Å². The fraction of sp³-hybridized carbons (Fsp3) is 0.350. The monoisotopic (exact) mass is 362 g/mol. The first kappa shape index (κ1) is 19.4. The second-order valence-corrected chi connectivity index (χ2v) is 6.50. The number of hydrogen-bond donors (Lipinski definition) is 2. The van der Waals surface area contributed by atoms with Crippen LogP contribution >= 0.6 is 11.6 Å². The highest BCUT2D eigenvalue weighted by atomic mass is 35.5. The van der Waals surface area contributed by atoms with E-state index in [9.17, 15) is 9.18 Å². The molecule has 0 bridgehead atoms. The number of unbranched alkanes of at least 4 members (excludes halogenated alkanes) is 3. The zero-order valence-electron chi connectivity index (χ0n) is 14.2. The van der Waals surface area contributed by atoms with E-state index in [0.717, 1.165) is 31.2 Å². The maximum atomic E-state index is 13.6. The second kappa shape index (κ2) is 10.2. The third-order valence-electron chi connectivity index (χ3n) is 4.03. The van der Waals surface area contributed by atoms with Gasteiger partial charge in [-0.1, -0.05) is 48.7 Å². The molecule has 0 aliphatic heterocycles. The van der Waals surface area contributed by atoms with E-state index in [-0.39, 0.29) is 11.7 Å². The van der Waals surface area contributed by atoms with Gasteiger partial charge in [-0.2, -0.15) is 0 Å². The summed E-state index contributed by atoms with van der Waals surface area (Å²) in [4.78, 5) is 12.3. The maximum absolute atomic E-state index is 13.6. The molecule has 2 aromatic rings. The Morgan fingerprint density at radius 3 is 2.40 bits per heavy atom. The molecule has 0 aliphatic carbocycles. The Bertz CT molecular complexity index is 647. The molecule has 0 saturated carbocycles. The van der Waals surface area contributed by atoms with Gasteiger partial charge in [0.2, 0.25) is 5.91 Å². The van der Waals surface area contributed by atoms with Crippen LogP contribution in [0.25, 0.3) is 0 Å². The maximum Gasteiger partial charge on any atom is 0.220 e. The van der Waals surface area contributed by atoms with Crippen LogP contribution in [0.3, 0.4) is 0 Å². The highest BCUT2D eigenvalue weighted by Gasteiger charge is 2.17. The summed E-state index contributed by atoms with van der Waals surface area (Å²) in [5.74, 6) is -0.387. The van der Waals surface area contributed by atoms with Crippen LogP contribution < -0.4 is 11.1 Å². The topological polar surface area (TPSA) is 55.1 Å². The number of halogens is 2. The van der Waals surface area contributed by atoms with Crippen molar-refractivity contribution in [2.45, 2.75) is 38.1 Å². The van der Waals surface area contributed by atoms with Crippen molar-refractivity contribution in [3.05, 3.63) is 70.5 Å². The van der Waals surface area contributed by atoms with E-state index in [2.05, 4.69) is 5.32 Å². The van der Waals surface area contributed by atoms with E-state index < -0.39 is 6.04 Å². The van der Waals surface area contributed by atoms with Gasteiger partial charge in [0, 0.05) is 11.4 Å². The smallest absolute Gasteiger partial charge is 0.220 e. The van der Waals surface area contributed by atoms with Crippen LogP contribution in [0.4, 0.5) is 4.39 Å². The molecule has 0 radical (unpaired) electrons. The fourth-order valence-electron chi connectivity index (χ4n) is 2.75. The number of carbonyl (C=O) groups excluding carboxylic acids is 1. The molecule has 0 aromatic heterocycles. The Labute approximate surface area is 153 Å². The standard InChI is InChI=1S/C20H24ClFN2O/c21-17-9-5-7-15(13-17)20(16-8-6-10-18(22)14-16)24-19(25)11-3-1-2-4-12-23/h5-10,13-14,20H,1-4,11-12,23H2,(H,24,25). The lowest BCUT2D eigenvalue weighted by Crippen LogP contribution is -2.29. The number of nitrogens with two attached hydrogens (primary N) is 1. The molecule has 3 nitrogen and oxygen atoms in total. The van der Waals surface area contributed by atoms with Gasteiger partial charge >= 0.3 is 0 Å². The molecule has 25 heavy (non-hydrogen) atoms. The molecule has 2 aromatic carbocycles. The average molecular weight is 363 g/mol. The number of hydrogen-bond acceptors (Lipinski definition) is 2. The number of benzene rings is 2. The largest absolute Gasteiger partial charge is 0.345 e. The number of nitrogens with one attached hydrogen (secondary N) is 1. The predicted molar refractivity (Wildman–Crippen MR) is 100.0 cm³/mol. The molecule has 0 fully saturated rings. The third-order valence-corrected chi connectivity index (χ3v) is 4.26. The Morgan fingerprint density at radius 2 is 1.72 bits per heavy atom. The molecule has 0 aliphatic rings. The summed E-state index contributed by atoms with van der Waals surface area (Å²) in [6.45, 7) is 0.683. The van der Waals surface area contributed by atoms with Crippen molar-refractivity contribution in [2.75, 3.05) is 6.54 Å². The molecular formula is C20H24ClFN2O. The van der Waals surface area contributed by atoms with E-state index >= 15 is 0 Å². The Hall–Kier alpha value is -1.91. The van der Waals surface area contributed by atoms with Gasteiger partial charge in [-0.05, 0) is 54.8 Å². The van der Waals surface area contributed by atoms with Crippen molar-refractivity contribution in [1.29, 1.82) is 0 Å². The van der Waals surface area contributed by atoms with Crippen molar-refractivity contribution in [3.8, 4) is 0 Å². The van der Waals surface area contributed by atoms with Gasteiger partial charge in [0.1, 0.15) is 5.82 Å². The normalized spacial score (nSPS) is 12.0. The van der Waals surface area contributed by atoms with Crippen molar-refractivity contribution < 1.29 is 9.18 Å². The predicted octanol–water partition coefficient (Wildman–Crippen LogP) is 4.59. The Balaban J connectivity index is 2.08. The van der Waals surface area contributed by atoms with E-state index in [1.165, 1.54) is 12.1 Å². The first-order valence-electron chi connectivity index (χ1n) is 8.60. The lowest BCUT2D eigenvalue weighted by atomic mass is 9.98. The van der Waals surface area contributed by atoms with Crippen molar-refractivity contribution in [1.82, 2.24) is 5.32 Å². The Morgan fingerprint density at radius 1 is 1.04 bits per heavy atom. The van der Waals surface area contributed by atoms with Crippen LogP contribution in [0, 0.1) is 5.82 Å². The third kappa shape index (κ3) is 6.48. The summed E-state index contributed by atoms with van der Waals surface area (Å²) in [5, 5.41) is 3.58. The van der Waals surface area contributed by atoms with Crippen molar-refractivity contribution >= 4 is 17.5 Å². The summed E-state index contributed by atoms with van der Waals surface area (Å²) in [6, 6.07) is 13.1. The fourth-order valence-corrected chi connectivity index (χ4v) is 2.95. The molecule has 1 unspecified atom stereocenters. The van der Waals surface area contributed by atoms with E-state index in [0.29, 0.717) is 23.6 Å². The summed E-state index contributed by atoms with van der Waals surface area (Å²) in [5.41, 5.74) is 6.99. The minimum Gasteiger partial charge on any atom is -0.345 e. The number of amides is 1. The summed E-state index contributed by atoms with van der Waals surface area (Å²) < 4.78 is 13.6. The second-order valence-electron chi connectivity index (χ2n) is 6.06. The van der Waals surface area contributed by atoms with Crippen LogP contribution in [0.15, 0.2) is 48.5 Å². The minimum atomic E-state index is -0.425. The zero-order chi connectivity index (χ0) is 18.1. The number of rotatable bonds is 9. The summed E-state index contributed by atoms with van der Waals surface area (Å²) in [7, 11) is 0. The quantitative estimate of drug-likeness (QED) is 0.641. The zero-order valence-corrected chi connectivity index (χ0v) is 14.9. The lowest BCUT2D eigenvalue weighted by molar-refractivity contribution is -0.121. The highest BCUT2D eigenvalue weighted by Crippen LogP contribution is 2.25. The van der Waals surface area contributed by atoms with Gasteiger partial charge in [-0.3, -0.25) is 4.79 Å². The summed E-state index contributed by atoms with van der Waals surface area (Å²) in [6.07, 6.45) is 4.25. The van der Waals surface area contributed by atoms with E-state index in [4.69, 9.17) is 17.3 Å². The van der Waals surface area contributed by atoms with Gasteiger partial charge in [0.05, 0.1) is 6.04 Å². The molecule has 5 heteroatoms. The van der Waals surface area contributed by atoms with Crippen LogP contribution in [-0.4, -0.2) is 12.5 Å². The van der Waals surface area contributed by atoms with E-state index in [1.807, 2.05) is 12.1 Å². The van der Waals surface area contributed by atoms with E-state index in [1.54, 1.807) is 24.3 Å². The molecule has 0 spiro atoms. The van der Waals surface area contributed by atoms with Gasteiger partial charge < -0.3 is 11.1 Å². The molecular weight excluding hydrogens is 339 g/mol. The van der Waals surface area contributed by atoms with Gasteiger partial charge in [-0.25, -0.2) is 4.39 Å². The van der Waals surface area contributed by atoms with Gasteiger partial charge in [0.15, 0.2) is 0 Å². The molecule has 1 atom stereocenters. The highest BCUT2D eigenvalue weighted by molar-refractivity contribution is 6.30. The SMILES string of the molecule is NCCCCCCC(=O)NC(c1cccc(F)c1)c1cccc(Cl)c1. The molecule has 134 valence electrons.